The molecule has 0 bridgehead atoms. The Bertz CT molecular complexity index is 881. The average Bonchev–Trinajstić information content (AvgIpc) is 2.93. The number of nitrogens with one attached hydrogen (secondary N) is 1. The summed E-state index contributed by atoms with van der Waals surface area (Å²) in [5.74, 6) is 0.158. The Kier molecular flexibility index (Phi) is 4.36. The Balaban J connectivity index is 1.90. The van der Waals surface area contributed by atoms with Gasteiger partial charge in [0.15, 0.2) is 5.15 Å². The summed E-state index contributed by atoms with van der Waals surface area (Å²) in [4.78, 5) is 21.0. The lowest BCUT2D eigenvalue weighted by molar-refractivity contribution is 0.0996. The maximum atomic E-state index is 12.5. The second-order valence-electron chi connectivity index (χ2n) is 5.50. The van der Waals surface area contributed by atoms with Crippen LogP contribution in [0.2, 0.25) is 5.15 Å². The number of rotatable bonds is 3. The van der Waals surface area contributed by atoms with Crippen molar-refractivity contribution in [3.8, 4) is 11.5 Å². The van der Waals surface area contributed by atoms with Gasteiger partial charge in [-0.2, -0.15) is 0 Å². The second-order valence-corrected chi connectivity index (χ2v) is 5.86. The lowest BCUT2D eigenvalue weighted by atomic mass is 10.2. The van der Waals surface area contributed by atoms with Crippen LogP contribution in [0, 0.1) is 20.8 Å². The van der Waals surface area contributed by atoms with Crippen LogP contribution in [0.25, 0.3) is 11.5 Å². The summed E-state index contributed by atoms with van der Waals surface area (Å²) in [5.41, 5.74) is 3.43. The van der Waals surface area contributed by atoms with Gasteiger partial charge < -0.3 is 9.73 Å². The van der Waals surface area contributed by atoms with Crippen molar-refractivity contribution in [2.75, 3.05) is 5.32 Å². The van der Waals surface area contributed by atoms with Crippen molar-refractivity contribution in [3.05, 3.63) is 64.3 Å². The number of halogens is 1. The van der Waals surface area contributed by atoms with Crippen LogP contribution in [-0.2, 0) is 0 Å². The molecule has 6 heteroatoms. The molecule has 0 unspecified atom stereocenters. The fraction of sp³-hybridized carbons (Fsp3) is 0.167. The summed E-state index contributed by atoms with van der Waals surface area (Å²) in [6.45, 7) is 5.43. The molecule has 0 spiro atoms. The number of amides is 1. The van der Waals surface area contributed by atoms with E-state index < -0.39 is 5.91 Å². The molecule has 2 heterocycles. The third-order valence-corrected chi connectivity index (χ3v) is 3.84. The fourth-order valence-electron chi connectivity index (χ4n) is 2.42. The molecule has 5 nitrogen and oxygen atoms in total. The normalized spacial score (nSPS) is 10.7. The molecule has 0 saturated heterocycles. The highest BCUT2D eigenvalue weighted by molar-refractivity contribution is 6.32. The number of aryl methyl sites for hydroxylation is 3. The molecule has 0 saturated carbocycles. The first kappa shape index (κ1) is 16.2. The maximum Gasteiger partial charge on any atom is 0.293 e. The first-order chi connectivity index (χ1) is 11.5. The fourth-order valence-corrected chi connectivity index (χ4v) is 2.75. The van der Waals surface area contributed by atoms with Crippen LogP contribution in [-0.4, -0.2) is 15.9 Å². The molecule has 0 aliphatic carbocycles. The van der Waals surface area contributed by atoms with Gasteiger partial charge in [-0.1, -0.05) is 29.8 Å². The van der Waals surface area contributed by atoms with Gasteiger partial charge in [-0.15, -0.1) is 0 Å². The van der Waals surface area contributed by atoms with Gasteiger partial charge in [0.2, 0.25) is 11.7 Å². The van der Waals surface area contributed by atoms with Crippen LogP contribution < -0.4 is 5.32 Å². The second kappa shape index (κ2) is 6.45. The van der Waals surface area contributed by atoms with Gasteiger partial charge in [-0.25, -0.2) is 9.97 Å². The van der Waals surface area contributed by atoms with Crippen molar-refractivity contribution >= 4 is 23.2 Å². The summed E-state index contributed by atoms with van der Waals surface area (Å²) in [6, 6.07) is 11.3. The molecule has 0 fully saturated rings. The number of oxazole rings is 1. The van der Waals surface area contributed by atoms with Crippen molar-refractivity contribution < 1.29 is 9.21 Å². The van der Waals surface area contributed by atoms with E-state index in [-0.39, 0.29) is 10.9 Å². The number of benzene rings is 1. The molecule has 1 aromatic carbocycles. The first-order valence-corrected chi connectivity index (χ1v) is 7.81. The van der Waals surface area contributed by atoms with Gasteiger partial charge in [0, 0.05) is 11.3 Å². The average molecular weight is 342 g/mol. The molecule has 3 aromatic rings. The van der Waals surface area contributed by atoms with Crippen molar-refractivity contribution in [2.45, 2.75) is 20.8 Å². The van der Waals surface area contributed by atoms with Gasteiger partial charge in [0.1, 0.15) is 0 Å². The predicted octanol–water partition coefficient (Wildman–Crippen LogP) is 4.57. The Hall–Kier alpha value is -2.66. The molecule has 2 aromatic heterocycles. The topological polar surface area (TPSA) is 68.0 Å². The van der Waals surface area contributed by atoms with Crippen molar-refractivity contribution in [3.63, 3.8) is 0 Å². The van der Waals surface area contributed by atoms with E-state index in [0.29, 0.717) is 17.3 Å². The SMILES string of the molecule is Cc1cc(C)c(NC(=O)c2oc(-c3ccccc3)nc2C)c(Cl)n1. The van der Waals surface area contributed by atoms with Gasteiger partial charge >= 0.3 is 0 Å². The van der Waals surface area contributed by atoms with Crippen molar-refractivity contribution in [1.82, 2.24) is 9.97 Å². The molecule has 24 heavy (non-hydrogen) atoms. The minimum atomic E-state index is -0.405. The highest BCUT2D eigenvalue weighted by atomic mass is 35.5. The lowest BCUT2D eigenvalue weighted by Crippen LogP contribution is -2.14. The molecule has 1 amide bonds. The lowest BCUT2D eigenvalue weighted by Gasteiger charge is -2.09. The van der Waals surface area contributed by atoms with Gasteiger partial charge in [0.25, 0.3) is 5.91 Å². The summed E-state index contributed by atoms with van der Waals surface area (Å²) in [6.07, 6.45) is 0. The number of hydrogen-bond donors (Lipinski definition) is 1. The molecular formula is C18H16ClN3O2. The number of aromatic nitrogens is 2. The van der Waals surface area contributed by atoms with Crippen molar-refractivity contribution in [1.29, 1.82) is 0 Å². The third-order valence-electron chi connectivity index (χ3n) is 3.56. The van der Waals surface area contributed by atoms with Crippen molar-refractivity contribution in [2.24, 2.45) is 0 Å². The zero-order chi connectivity index (χ0) is 17.3. The van der Waals surface area contributed by atoms with E-state index >= 15 is 0 Å². The summed E-state index contributed by atoms with van der Waals surface area (Å²) in [7, 11) is 0. The van der Waals surface area contributed by atoms with Gasteiger partial charge in [-0.3, -0.25) is 4.79 Å². The monoisotopic (exact) mass is 341 g/mol. The largest absolute Gasteiger partial charge is 0.431 e. The Morgan fingerprint density at radius 2 is 1.83 bits per heavy atom. The van der Waals surface area contributed by atoms with E-state index in [2.05, 4.69) is 15.3 Å². The van der Waals surface area contributed by atoms with Crippen LogP contribution in [0.5, 0.6) is 0 Å². The predicted molar refractivity (Wildman–Crippen MR) is 93.4 cm³/mol. The third kappa shape index (κ3) is 3.16. The summed E-state index contributed by atoms with van der Waals surface area (Å²) >= 11 is 6.14. The summed E-state index contributed by atoms with van der Waals surface area (Å²) < 4.78 is 5.65. The Morgan fingerprint density at radius 3 is 2.50 bits per heavy atom. The smallest absolute Gasteiger partial charge is 0.293 e. The van der Waals surface area contributed by atoms with E-state index in [4.69, 9.17) is 16.0 Å². The zero-order valence-corrected chi connectivity index (χ0v) is 14.3. The molecule has 122 valence electrons. The van der Waals surface area contributed by atoms with E-state index in [1.807, 2.05) is 50.2 Å². The molecule has 3 rings (SSSR count). The van der Waals surface area contributed by atoms with Gasteiger partial charge in [-0.05, 0) is 44.5 Å². The molecule has 0 atom stereocenters. The molecular weight excluding hydrogens is 326 g/mol. The number of carbonyl (C=O) groups is 1. The number of nitrogens with zero attached hydrogens (tertiary/aromatic N) is 2. The van der Waals surface area contributed by atoms with Crippen LogP contribution in [0.1, 0.15) is 27.5 Å². The molecule has 1 N–H and O–H groups in total. The van der Waals surface area contributed by atoms with Crippen LogP contribution in [0.3, 0.4) is 0 Å². The standard InChI is InChI=1S/C18H16ClN3O2/c1-10-9-11(2)20-16(19)14(10)22-17(23)15-12(3)21-18(24-15)13-7-5-4-6-8-13/h4-9H,1-3H3,(H,22,23). The van der Waals surface area contributed by atoms with Crippen LogP contribution >= 0.6 is 11.6 Å². The number of anilines is 1. The van der Waals surface area contributed by atoms with Crippen LogP contribution in [0.15, 0.2) is 40.8 Å². The minimum Gasteiger partial charge on any atom is -0.431 e. The molecule has 0 aliphatic rings. The van der Waals surface area contributed by atoms with E-state index in [1.165, 1.54) is 0 Å². The van der Waals surface area contributed by atoms with Crippen LogP contribution in [0.4, 0.5) is 5.69 Å². The highest BCUT2D eigenvalue weighted by Gasteiger charge is 2.20. The highest BCUT2D eigenvalue weighted by Crippen LogP contribution is 2.27. The molecule has 0 aliphatic heterocycles. The number of hydrogen-bond acceptors (Lipinski definition) is 4. The first-order valence-electron chi connectivity index (χ1n) is 7.43. The van der Waals surface area contributed by atoms with E-state index in [0.717, 1.165) is 16.8 Å². The van der Waals surface area contributed by atoms with E-state index in [1.54, 1.807) is 6.92 Å². The molecule has 0 radical (unpaired) electrons. The van der Waals surface area contributed by atoms with E-state index in [9.17, 15) is 4.79 Å². The number of carbonyl (C=O) groups excluding carboxylic acids is 1. The Labute approximate surface area is 144 Å². The van der Waals surface area contributed by atoms with Gasteiger partial charge in [0.05, 0.1) is 11.4 Å². The zero-order valence-electron chi connectivity index (χ0n) is 13.6. The Morgan fingerprint density at radius 1 is 1.12 bits per heavy atom. The minimum absolute atomic E-state index is 0.157. The maximum absolute atomic E-state index is 12.5. The quantitative estimate of drug-likeness (QED) is 0.709. The number of pyridine rings is 1. The summed E-state index contributed by atoms with van der Waals surface area (Å²) in [5, 5.41) is 3.01.